The van der Waals surface area contributed by atoms with Crippen LogP contribution in [-0.4, -0.2) is 17.7 Å². The summed E-state index contributed by atoms with van der Waals surface area (Å²) in [6.45, 7) is 2.47. The average molecular weight is 258 g/mol. The minimum atomic E-state index is -0.581. The molecule has 19 heavy (non-hydrogen) atoms. The van der Waals surface area contributed by atoms with Gasteiger partial charge in [0.05, 0.1) is 12.8 Å². The number of ether oxygens (including phenoxy) is 2. The number of anilines is 1. The average Bonchev–Trinajstić information content (AvgIpc) is 2.42. The Morgan fingerprint density at radius 3 is 2.58 bits per heavy atom. The van der Waals surface area contributed by atoms with Crippen LogP contribution in [0.25, 0.3) is 0 Å². The fourth-order valence-electron chi connectivity index (χ4n) is 1.43. The number of nitrogens with zero attached hydrogens (tertiary/aromatic N) is 1. The van der Waals surface area contributed by atoms with E-state index in [4.69, 9.17) is 9.47 Å². The van der Waals surface area contributed by atoms with E-state index in [1.807, 2.05) is 13.0 Å². The highest BCUT2D eigenvalue weighted by Gasteiger charge is 2.05. The molecule has 0 aliphatic carbocycles. The van der Waals surface area contributed by atoms with Crippen LogP contribution in [0.15, 0.2) is 48.7 Å². The van der Waals surface area contributed by atoms with Crippen LogP contribution in [0, 0.1) is 0 Å². The van der Waals surface area contributed by atoms with Gasteiger partial charge in [0.1, 0.15) is 17.3 Å². The zero-order chi connectivity index (χ0) is 13.5. The lowest BCUT2D eigenvalue weighted by Crippen LogP contribution is -2.17. The Morgan fingerprint density at radius 1 is 1.16 bits per heavy atom. The third-order valence-corrected chi connectivity index (χ3v) is 2.23. The van der Waals surface area contributed by atoms with E-state index in [0.717, 1.165) is 0 Å². The molecule has 1 amide bonds. The first kappa shape index (κ1) is 12.9. The number of nitrogens with one attached hydrogen (secondary N) is 1. The number of aromatic nitrogens is 1. The molecule has 1 aromatic heterocycles. The van der Waals surface area contributed by atoms with Gasteiger partial charge in [-0.2, -0.15) is 0 Å². The summed E-state index contributed by atoms with van der Waals surface area (Å²) < 4.78 is 10.3. The summed E-state index contributed by atoms with van der Waals surface area (Å²) in [5.41, 5.74) is 0. The van der Waals surface area contributed by atoms with Gasteiger partial charge in [0, 0.05) is 0 Å². The molecule has 0 aliphatic rings. The van der Waals surface area contributed by atoms with Crippen molar-refractivity contribution >= 4 is 11.9 Å². The maximum Gasteiger partial charge on any atom is 0.418 e. The number of carbonyl (C=O) groups excluding carboxylic acids is 1. The van der Waals surface area contributed by atoms with Gasteiger partial charge in [0.15, 0.2) is 0 Å². The molecule has 0 bridgehead atoms. The topological polar surface area (TPSA) is 60.5 Å². The number of amides is 1. The standard InChI is InChI=1S/C14H14N2O3/c1-2-18-12-8-9-13(15-10-12)16-14(17)19-11-6-4-3-5-7-11/h3-10H,2H2,1H3,(H,15,16,17). The molecule has 0 aliphatic heterocycles. The number of para-hydroxylation sites is 1. The molecular weight excluding hydrogens is 244 g/mol. The highest BCUT2D eigenvalue weighted by molar-refractivity contribution is 5.85. The van der Waals surface area contributed by atoms with Crippen molar-refractivity contribution in [1.82, 2.24) is 4.98 Å². The quantitative estimate of drug-likeness (QED) is 0.915. The fourth-order valence-corrected chi connectivity index (χ4v) is 1.43. The van der Waals surface area contributed by atoms with Gasteiger partial charge in [-0.05, 0) is 31.2 Å². The second-order valence-electron chi connectivity index (χ2n) is 3.64. The molecule has 1 aromatic carbocycles. The van der Waals surface area contributed by atoms with Crippen LogP contribution in [0.4, 0.5) is 10.6 Å². The zero-order valence-electron chi connectivity index (χ0n) is 10.5. The summed E-state index contributed by atoms with van der Waals surface area (Å²) >= 11 is 0. The molecule has 0 atom stereocenters. The van der Waals surface area contributed by atoms with Crippen LogP contribution in [0.5, 0.6) is 11.5 Å². The molecule has 0 saturated carbocycles. The van der Waals surface area contributed by atoms with Crippen molar-refractivity contribution in [2.24, 2.45) is 0 Å². The maximum atomic E-state index is 11.6. The number of hydrogen-bond acceptors (Lipinski definition) is 4. The van der Waals surface area contributed by atoms with Crippen molar-refractivity contribution in [2.75, 3.05) is 11.9 Å². The third-order valence-electron chi connectivity index (χ3n) is 2.23. The Morgan fingerprint density at radius 2 is 1.95 bits per heavy atom. The minimum Gasteiger partial charge on any atom is -0.492 e. The molecule has 0 unspecified atom stereocenters. The highest BCUT2D eigenvalue weighted by Crippen LogP contribution is 2.13. The number of pyridine rings is 1. The first-order chi connectivity index (χ1) is 9.28. The number of carbonyl (C=O) groups is 1. The number of rotatable bonds is 4. The largest absolute Gasteiger partial charge is 0.492 e. The molecule has 1 heterocycles. The fraction of sp³-hybridized carbons (Fsp3) is 0.143. The number of benzene rings is 1. The molecule has 5 nitrogen and oxygen atoms in total. The molecule has 2 rings (SSSR count). The summed E-state index contributed by atoms with van der Waals surface area (Å²) in [6, 6.07) is 12.2. The Labute approximate surface area is 111 Å². The molecule has 2 aromatic rings. The molecule has 1 N–H and O–H groups in total. The Kier molecular flexibility index (Phi) is 4.34. The lowest BCUT2D eigenvalue weighted by Gasteiger charge is -2.06. The second kappa shape index (κ2) is 6.39. The Hall–Kier alpha value is -2.56. The molecule has 5 heteroatoms. The van der Waals surface area contributed by atoms with E-state index in [9.17, 15) is 4.79 Å². The van der Waals surface area contributed by atoms with Gasteiger partial charge in [0.2, 0.25) is 0 Å². The molecule has 0 saturated heterocycles. The van der Waals surface area contributed by atoms with Gasteiger partial charge in [-0.15, -0.1) is 0 Å². The summed E-state index contributed by atoms with van der Waals surface area (Å²) in [4.78, 5) is 15.6. The van der Waals surface area contributed by atoms with Crippen LogP contribution in [0.2, 0.25) is 0 Å². The molecule has 0 fully saturated rings. The van der Waals surface area contributed by atoms with E-state index in [2.05, 4.69) is 10.3 Å². The summed E-state index contributed by atoms with van der Waals surface area (Å²) in [5.74, 6) is 1.54. The monoisotopic (exact) mass is 258 g/mol. The summed E-state index contributed by atoms with van der Waals surface area (Å²) in [5, 5.41) is 2.53. The predicted molar refractivity (Wildman–Crippen MR) is 71.5 cm³/mol. The van der Waals surface area contributed by atoms with E-state index < -0.39 is 6.09 Å². The van der Waals surface area contributed by atoms with Crippen molar-refractivity contribution in [3.8, 4) is 11.5 Å². The van der Waals surface area contributed by atoms with Gasteiger partial charge < -0.3 is 9.47 Å². The van der Waals surface area contributed by atoms with E-state index in [1.165, 1.54) is 0 Å². The third kappa shape index (κ3) is 3.99. The first-order valence-corrected chi connectivity index (χ1v) is 5.90. The van der Waals surface area contributed by atoms with Crippen molar-refractivity contribution in [3.63, 3.8) is 0 Å². The SMILES string of the molecule is CCOc1ccc(NC(=O)Oc2ccccc2)nc1. The first-order valence-electron chi connectivity index (χ1n) is 5.90. The zero-order valence-corrected chi connectivity index (χ0v) is 10.5. The van der Waals surface area contributed by atoms with Gasteiger partial charge in [0.25, 0.3) is 0 Å². The summed E-state index contributed by atoms with van der Waals surface area (Å²) in [6.07, 6.45) is 0.963. The van der Waals surface area contributed by atoms with E-state index in [-0.39, 0.29) is 0 Å². The molecule has 98 valence electrons. The van der Waals surface area contributed by atoms with Crippen LogP contribution in [-0.2, 0) is 0 Å². The predicted octanol–water partition coefficient (Wildman–Crippen LogP) is 3.09. The molecular formula is C14H14N2O3. The van der Waals surface area contributed by atoms with E-state index >= 15 is 0 Å². The van der Waals surface area contributed by atoms with Gasteiger partial charge >= 0.3 is 6.09 Å². The maximum absolute atomic E-state index is 11.6. The summed E-state index contributed by atoms with van der Waals surface area (Å²) in [7, 11) is 0. The van der Waals surface area contributed by atoms with Crippen LogP contribution in [0.3, 0.4) is 0 Å². The smallest absolute Gasteiger partial charge is 0.418 e. The van der Waals surface area contributed by atoms with Gasteiger partial charge in [-0.1, -0.05) is 18.2 Å². The van der Waals surface area contributed by atoms with E-state index in [0.29, 0.717) is 23.9 Å². The number of hydrogen-bond donors (Lipinski definition) is 1. The van der Waals surface area contributed by atoms with Crippen LogP contribution in [0.1, 0.15) is 6.92 Å². The van der Waals surface area contributed by atoms with E-state index in [1.54, 1.807) is 42.6 Å². The second-order valence-corrected chi connectivity index (χ2v) is 3.64. The van der Waals surface area contributed by atoms with Crippen molar-refractivity contribution in [1.29, 1.82) is 0 Å². The lowest BCUT2D eigenvalue weighted by molar-refractivity contribution is 0.215. The van der Waals surface area contributed by atoms with Crippen LogP contribution < -0.4 is 14.8 Å². The van der Waals surface area contributed by atoms with Gasteiger partial charge in [-0.3, -0.25) is 5.32 Å². The van der Waals surface area contributed by atoms with Crippen molar-refractivity contribution in [2.45, 2.75) is 6.92 Å². The van der Waals surface area contributed by atoms with Crippen molar-refractivity contribution < 1.29 is 14.3 Å². The van der Waals surface area contributed by atoms with Crippen LogP contribution >= 0.6 is 0 Å². The normalized spacial score (nSPS) is 9.74. The molecule has 0 spiro atoms. The van der Waals surface area contributed by atoms with Crippen molar-refractivity contribution in [3.05, 3.63) is 48.7 Å². The Balaban J connectivity index is 1.91. The Bertz CT molecular complexity index is 526. The highest BCUT2D eigenvalue weighted by atomic mass is 16.6. The lowest BCUT2D eigenvalue weighted by atomic mass is 10.3. The van der Waals surface area contributed by atoms with Gasteiger partial charge in [-0.25, -0.2) is 9.78 Å². The molecule has 0 radical (unpaired) electrons. The minimum absolute atomic E-state index is 0.407.